The molecule has 1 aliphatic rings. The SMILES string of the molecule is FC1CCC(Cl)CC1. The lowest BCUT2D eigenvalue weighted by Crippen LogP contribution is -2.14. The van der Waals surface area contributed by atoms with Gasteiger partial charge >= 0.3 is 0 Å². The smallest absolute Gasteiger partial charge is 0.100 e. The third-order valence-corrected chi connectivity index (χ3v) is 2.02. The van der Waals surface area contributed by atoms with Gasteiger partial charge in [0.25, 0.3) is 0 Å². The molecule has 0 heterocycles. The Balaban J connectivity index is 2.19. The van der Waals surface area contributed by atoms with E-state index in [-0.39, 0.29) is 5.38 Å². The lowest BCUT2D eigenvalue weighted by Gasteiger charge is -2.18. The van der Waals surface area contributed by atoms with Gasteiger partial charge in [-0.2, -0.15) is 0 Å². The van der Waals surface area contributed by atoms with Crippen LogP contribution in [0.4, 0.5) is 4.39 Å². The monoisotopic (exact) mass is 136 g/mol. The van der Waals surface area contributed by atoms with Crippen molar-refractivity contribution in [1.82, 2.24) is 0 Å². The summed E-state index contributed by atoms with van der Waals surface area (Å²) >= 11 is 5.72. The predicted octanol–water partition coefficient (Wildman–Crippen LogP) is 2.51. The first kappa shape index (κ1) is 6.34. The first-order chi connectivity index (χ1) is 3.79. The number of halogens is 2. The average Bonchev–Trinajstić information content (AvgIpc) is 1.77. The van der Waals surface area contributed by atoms with Crippen LogP contribution in [0, 0.1) is 0 Å². The molecule has 0 N–H and O–H groups in total. The second-order valence-electron chi connectivity index (χ2n) is 2.35. The summed E-state index contributed by atoms with van der Waals surface area (Å²) in [5.41, 5.74) is 0. The van der Waals surface area contributed by atoms with Crippen LogP contribution < -0.4 is 0 Å². The van der Waals surface area contributed by atoms with Crippen molar-refractivity contribution in [2.45, 2.75) is 37.2 Å². The fourth-order valence-electron chi connectivity index (χ4n) is 1.01. The molecule has 0 nitrogen and oxygen atoms in total. The normalized spacial score (nSPS) is 39.8. The minimum Gasteiger partial charge on any atom is -0.247 e. The van der Waals surface area contributed by atoms with Gasteiger partial charge < -0.3 is 0 Å². The third kappa shape index (κ3) is 1.62. The largest absolute Gasteiger partial charge is 0.247 e. The minimum atomic E-state index is -0.565. The van der Waals surface area contributed by atoms with Crippen LogP contribution in [-0.2, 0) is 0 Å². The molecule has 2 heteroatoms. The molecule has 0 aliphatic heterocycles. The van der Waals surface area contributed by atoms with Crippen LogP contribution in [-0.4, -0.2) is 11.5 Å². The Kier molecular flexibility index (Phi) is 2.12. The van der Waals surface area contributed by atoms with Gasteiger partial charge in [-0.25, -0.2) is 4.39 Å². The van der Waals surface area contributed by atoms with Gasteiger partial charge in [-0.05, 0) is 25.7 Å². The standard InChI is InChI=1S/C6H10ClF/c7-5-1-3-6(8)4-2-5/h5-6H,1-4H2. The lowest BCUT2D eigenvalue weighted by molar-refractivity contribution is 0.253. The van der Waals surface area contributed by atoms with Gasteiger partial charge in [-0.15, -0.1) is 11.6 Å². The third-order valence-electron chi connectivity index (χ3n) is 1.59. The molecule has 0 bridgehead atoms. The van der Waals surface area contributed by atoms with Crippen LogP contribution >= 0.6 is 11.6 Å². The molecule has 1 aliphatic carbocycles. The average molecular weight is 137 g/mol. The summed E-state index contributed by atoms with van der Waals surface area (Å²) in [6.07, 6.45) is 2.51. The van der Waals surface area contributed by atoms with Crippen LogP contribution in [0.3, 0.4) is 0 Å². The Labute approximate surface area is 54.0 Å². The van der Waals surface area contributed by atoms with Gasteiger partial charge in [0.05, 0.1) is 0 Å². The van der Waals surface area contributed by atoms with Crippen LogP contribution in [0.2, 0.25) is 0 Å². The van der Waals surface area contributed by atoms with Crippen molar-refractivity contribution in [2.24, 2.45) is 0 Å². The molecule has 0 aromatic carbocycles. The second-order valence-corrected chi connectivity index (χ2v) is 2.97. The highest BCUT2D eigenvalue weighted by Crippen LogP contribution is 2.24. The van der Waals surface area contributed by atoms with Crippen molar-refractivity contribution in [3.8, 4) is 0 Å². The molecule has 1 rings (SSSR count). The highest BCUT2D eigenvalue weighted by Gasteiger charge is 2.17. The van der Waals surface area contributed by atoms with Gasteiger partial charge in [-0.1, -0.05) is 0 Å². The molecule has 0 unspecified atom stereocenters. The molecule has 1 fully saturated rings. The summed E-state index contributed by atoms with van der Waals surface area (Å²) in [4.78, 5) is 0. The molecule has 1 saturated carbocycles. The molecular formula is C6H10ClF. The van der Waals surface area contributed by atoms with Crippen LogP contribution in [0.15, 0.2) is 0 Å². The van der Waals surface area contributed by atoms with Crippen LogP contribution in [0.1, 0.15) is 25.7 Å². The summed E-state index contributed by atoms with van der Waals surface area (Å²) in [5, 5.41) is 0.252. The molecular weight excluding hydrogens is 127 g/mol. The van der Waals surface area contributed by atoms with Gasteiger partial charge in [-0.3, -0.25) is 0 Å². The Hall–Kier alpha value is 0.220. The van der Waals surface area contributed by atoms with E-state index in [2.05, 4.69) is 0 Å². The van der Waals surface area contributed by atoms with E-state index in [4.69, 9.17) is 11.6 Å². The van der Waals surface area contributed by atoms with Crippen molar-refractivity contribution in [3.05, 3.63) is 0 Å². The van der Waals surface area contributed by atoms with Crippen molar-refractivity contribution < 1.29 is 4.39 Å². The van der Waals surface area contributed by atoms with E-state index < -0.39 is 6.17 Å². The van der Waals surface area contributed by atoms with Crippen LogP contribution in [0.5, 0.6) is 0 Å². The molecule has 0 aromatic rings. The maximum Gasteiger partial charge on any atom is 0.100 e. The summed E-state index contributed by atoms with van der Waals surface area (Å²) in [6, 6.07) is 0. The molecule has 0 amide bonds. The van der Waals surface area contributed by atoms with E-state index in [1.54, 1.807) is 0 Å². The fraction of sp³-hybridized carbons (Fsp3) is 1.00. The molecule has 0 saturated heterocycles. The van der Waals surface area contributed by atoms with Gasteiger partial charge in [0, 0.05) is 5.38 Å². The molecule has 48 valence electrons. The summed E-state index contributed by atoms with van der Waals surface area (Å²) in [5.74, 6) is 0. The summed E-state index contributed by atoms with van der Waals surface area (Å²) < 4.78 is 12.3. The summed E-state index contributed by atoms with van der Waals surface area (Å²) in [6.45, 7) is 0. The molecule has 0 atom stereocenters. The number of hydrogen-bond acceptors (Lipinski definition) is 0. The Morgan fingerprint density at radius 3 is 2.00 bits per heavy atom. The molecule has 0 radical (unpaired) electrons. The van der Waals surface area contributed by atoms with E-state index in [0.29, 0.717) is 12.8 Å². The minimum absolute atomic E-state index is 0.252. The first-order valence-electron chi connectivity index (χ1n) is 3.07. The molecule has 8 heavy (non-hydrogen) atoms. The Morgan fingerprint density at radius 1 is 1.12 bits per heavy atom. The predicted molar refractivity (Wildman–Crippen MR) is 33.0 cm³/mol. The zero-order chi connectivity index (χ0) is 5.98. The van der Waals surface area contributed by atoms with Crippen LogP contribution in [0.25, 0.3) is 0 Å². The Morgan fingerprint density at radius 2 is 1.62 bits per heavy atom. The van der Waals surface area contributed by atoms with Crippen molar-refractivity contribution in [2.75, 3.05) is 0 Å². The van der Waals surface area contributed by atoms with E-state index in [1.165, 1.54) is 0 Å². The van der Waals surface area contributed by atoms with Gasteiger partial charge in [0.2, 0.25) is 0 Å². The number of alkyl halides is 2. The van der Waals surface area contributed by atoms with Crippen molar-refractivity contribution >= 4 is 11.6 Å². The van der Waals surface area contributed by atoms with E-state index >= 15 is 0 Å². The molecule has 0 aromatic heterocycles. The number of hydrogen-bond donors (Lipinski definition) is 0. The number of rotatable bonds is 0. The lowest BCUT2D eigenvalue weighted by atomic mass is 9.99. The fourth-order valence-corrected chi connectivity index (χ4v) is 1.26. The highest BCUT2D eigenvalue weighted by atomic mass is 35.5. The first-order valence-corrected chi connectivity index (χ1v) is 3.51. The second kappa shape index (κ2) is 2.67. The highest BCUT2D eigenvalue weighted by molar-refractivity contribution is 6.20. The van der Waals surface area contributed by atoms with Gasteiger partial charge in [0.1, 0.15) is 6.17 Å². The van der Waals surface area contributed by atoms with E-state index in [9.17, 15) is 4.39 Å². The topological polar surface area (TPSA) is 0 Å². The zero-order valence-corrected chi connectivity index (χ0v) is 5.49. The quantitative estimate of drug-likeness (QED) is 0.449. The Bertz CT molecular complexity index is 56.9. The van der Waals surface area contributed by atoms with Gasteiger partial charge in [0.15, 0.2) is 0 Å². The maximum absolute atomic E-state index is 12.3. The van der Waals surface area contributed by atoms with Crippen molar-refractivity contribution in [3.63, 3.8) is 0 Å². The van der Waals surface area contributed by atoms with Crippen molar-refractivity contribution in [1.29, 1.82) is 0 Å². The van der Waals surface area contributed by atoms with E-state index in [0.717, 1.165) is 12.8 Å². The summed E-state index contributed by atoms with van der Waals surface area (Å²) in [7, 11) is 0. The molecule has 0 spiro atoms. The van der Waals surface area contributed by atoms with E-state index in [1.807, 2.05) is 0 Å². The maximum atomic E-state index is 12.3. The zero-order valence-electron chi connectivity index (χ0n) is 4.74.